The van der Waals surface area contributed by atoms with Crippen LogP contribution in [0.15, 0.2) is 54.7 Å². The van der Waals surface area contributed by atoms with Crippen LogP contribution < -0.4 is 24.3 Å². The zero-order valence-corrected chi connectivity index (χ0v) is 20.7. The predicted molar refractivity (Wildman–Crippen MR) is 136 cm³/mol. The minimum Gasteiger partial charge on any atom is -0.493 e. The molecule has 180 valence electrons. The highest BCUT2D eigenvalue weighted by atomic mass is 16.6. The quantitative estimate of drug-likeness (QED) is 0.329. The molecule has 1 heterocycles. The van der Waals surface area contributed by atoms with E-state index in [1.807, 2.05) is 70.2 Å². The van der Waals surface area contributed by atoms with Gasteiger partial charge in [0.15, 0.2) is 11.5 Å². The van der Waals surface area contributed by atoms with Gasteiger partial charge in [-0.05, 0) is 74.2 Å². The molecule has 0 radical (unpaired) electrons. The van der Waals surface area contributed by atoms with Crippen molar-refractivity contribution in [2.75, 3.05) is 19.5 Å². The third kappa shape index (κ3) is 4.99. The van der Waals surface area contributed by atoms with Gasteiger partial charge in [0.2, 0.25) is 0 Å². The Balaban J connectivity index is 1.59. The van der Waals surface area contributed by atoms with Crippen LogP contribution in [-0.2, 0) is 0 Å². The summed E-state index contributed by atoms with van der Waals surface area (Å²) in [7, 11) is 3.18. The normalized spacial score (nSPS) is 10.7. The van der Waals surface area contributed by atoms with E-state index >= 15 is 0 Å². The predicted octanol–water partition coefficient (Wildman–Crippen LogP) is 6.89. The zero-order chi connectivity index (χ0) is 25.1. The Hall–Kier alpha value is -4.26. The third-order valence-corrected chi connectivity index (χ3v) is 5.79. The van der Waals surface area contributed by atoms with Gasteiger partial charge in [-0.1, -0.05) is 18.2 Å². The van der Waals surface area contributed by atoms with Crippen molar-refractivity contribution in [3.05, 3.63) is 77.0 Å². The second-order valence-corrected chi connectivity index (χ2v) is 8.30. The van der Waals surface area contributed by atoms with Crippen LogP contribution in [0.4, 0.5) is 10.5 Å². The number of carbonyl (C=O) groups excluding carboxylic acids is 1. The lowest BCUT2D eigenvalue weighted by molar-refractivity contribution is 0.214. The molecular weight excluding hydrogens is 444 g/mol. The number of aromatic nitrogens is 1. The average Bonchev–Trinajstić information content (AvgIpc) is 2.84. The molecule has 0 aliphatic heterocycles. The summed E-state index contributed by atoms with van der Waals surface area (Å²) < 4.78 is 22.7. The smallest absolute Gasteiger partial charge is 0.417 e. The van der Waals surface area contributed by atoms with E-state index in [2.05, 4.69) is 10.3 Å². The molecule has 0 spiro atoms. The maximum absolute atomic E-state index is 12.6. The Morgan fingerprint density at radius 1 is 0.771 bits per heavy atom. The molecule has 0 aliphatic rings. The summed E-state index contributed by atoms with van der Waals surface area (Å²) in [5.41, 5.74) is 4.86. The van der Waals surface area contributed by atoms with Gasteiger partial charge in [-0.25, -0.2) is 4.79 Å². The second-order valence-electron chi connectivity index (χ2n) is 8.30. The summed E-state index contributed by atoms with van der Waals surface area (Å²) in [6.45, 7) is 7.64. The van der Waals surface area contributed by atoms with Crippen LogP contribution in [0, 0.1) is 27.7 Å². The standard InChI is InChI=1S/C28H28N2O5/c1-16-8-7-9-17(2)27(16)35-28(31)30-21-12-19(4)24(13-18(21)3)34-23-10-11-29-22-15-26(33-6)25(32-5)14-20(22)23/h7-15H,1-6H3,(H,30,31). The van der Waals surface area contributed by atoms with E-state index in [0.29, 0.717) is 34.4 Å². The molecule has 1 aromatic heterocycles. The Morgan fingerprint density at radius 2 is 1.46 bits per heavy atom. The number of hydrogen-bond acceptors (Lipinski definition) is 6. The molecule has 4 rings (SSSR count). The van der Waals surface area contributed by atoms with Gasteiger partial charge in [-0.3, -0.25) is 10.3 Å². The molecule has 0 saturated carbocycles. The fraction of sp³-hybridized carbons (Fsp3) is 0.214. The minimum absolute atomic E-state index is 0.542. The van der Waals surface area contributed by atoms with Crippen molar-refractivity contribution >= 4 is 22.7 Å². The van der Waals surface area contributed by atoms with Gasteiger partial charge in [0.1, 0.15) is 17.2 Å². The number of amides is 1. The number of nitrogens with zero attached hydrogens (tertiary/aromatic N) is 1. The molecule has 3 aromatic carbocycles. The lowest BCUT2D eigenvalue weighted by atomic mass is 10.1. The number of carbonyl (C=O) groups is 1. The number of para-hydroxylation sites is 1. The van der Waals surface area contributed by atoms with Crippen molar-refractivity contribution in [2.45, 2.75) is 27.7 Å². The number of hydrogen-bond donors (Lipinski definition) is 1. The summed E-state index contributed by atoms with van der Waals surface area (Å²) in [6.07, 6.45) is 1.14. The van der Waals surface area contributed by atoms with Gasteiger partial charge < -0.3 is 18.9 Å². The SMILES string of the molecule is COc1cc2nccc(Oc3cc(C)c(NC(=O)Oc4c(C)cccc4C)cc3C)c2cc1OC. The molecule has 1 N–H and O–H groups in total. The first-order valence-electron chi connectivity index (χ1n) is 11.2. The lowest BCUT2D eigenvalue weighted by Gasteiger charge is -2.16. The monoisotopic (exact) mass is 472 g/mol. The van der Waals surface area contributed by atoms with Crippen LogP contribution in [0.2, 0.25) is 0 Å². The second kappa shape index (κ2) is 9.93. The molecule has 0 atom stereocenters. The Kier molecular flexibility index (Phi) is 6.78. The fourth-order valence-corrected chi connectivity index (χ4v) is 3.88. The van der Waals surface area contributed by atoms with Crippen LogP contribution in [0.25, 0.3) is 10.9 Å². The van der Waals surface area contributed by atoms with E-state index in [4.69, 9.17) is 18.9 Å². The number of ether oxygens (including phenoxy) is 4. The van der Waals surface area contributed by atoms with Crippen LogP contribution >= 0.6 is 0 Å². The zero-order valence-electron chi connectivity index (χ0n) is 20.7. The highest BCUT2D eigenvalue weighted by Crippen LogP contribution is 2.38. The van der Waals surface area contributed by atoms with E-state index in [1.54, 1.807) is 26.5 Å². The molecule has 1 amide bonds. The number of anilines is 1. The van der Waals surface area contributed by atoms with Crippen molar-refractivity contribution in [3.8, 4) is 28.7 Å². The minimum atomic E-state index is -0.542. The number of nitrogens with one attached hydrogen (secondary N) is 1. The Morgan fingerprint density at radius 3 is 2.14 bits per heavy atom. The molecule has 7 heteroatoms. The molecular formula is C28H28N2O5. The van der Waals surface area contributed by atoms with Gasteiger partial charge >= 0.3 is 6.09 Å². The lowest BCUT2D eigenvalue weighted by Crippen LogP contribution is -2.18. The van der Waals surface area contributed by atoms with E-state index in [9.17, 15) is 4.79 Å². The van der Waals surface area contributed by atoms with Crippen LogP contribution in [0.1, 0.15) is 22.3 Å². The summed E-state index contributed by atoms with van der Waals surface area (Å²) in [4.78, 5) is 17.0. The van der Waals surface area contributed by atoms with Crippen molar-refractivity contribution < 1.29 is 23.7 Å². The van der Waals surface area contributed by atoms with E-state index in [0.717, 1.165) is 33.2 Å². The van der Waals surface area contributed by atoms with Crippen LogP contribution in [0.5, 0.6) is 28.7 Å². The molecule has 0 bridgehead atoms. The highest BCUT2D eigenvalue weighted by molar-refractivity contribution is 5.89. The van der Waals surface area contributed by atoms with Crippen molar-refractivity contribution in [1.29, 1.82) is 0 Å². The topological polar surface area (TPSA) is 78.9 Å². The first kappa shape index (κ1) is 23.9. The van der Waals surface area contributed by atoms with Crippen molar-refractivity contribution in [3.63, 3.8) is 0 Å². The third-order valence-electron chi connectivity index (χ3n) is 5.79. The molecule has 0 aliphatic carbocycles. The van der Waals surface area contributed by atoms with E-state index in [-0.39, 0.29) is 0 Å². The Bertz CT molecular complexity index is 1390. The fourth-order valence-electron chi connectivity index (χ4n) is 3.88. The van der Waals surface area contributed by atoms with Crippen molar-refractivity contribution in [1.82, 2.24) is 4.98 Å². The molecule has 0 fully saturated rings. The summed E-state index contributed by atoms with van der Waals surface area (Å²) in [6, 6.07) is 15.0. The van der Waals surface area contributed by atoms with Crippen LogP contribution in [-0.4, -0.2) is 25.3 Å². The summed E-state index contributed by atoms with van der Waals surface area (Å²) in [5, 5.41) is 3.64. The summed E-state index contributed by atoms with van der Waals surface area (Å²) >= 11 is 0. The molecule has 35 heavy (non-hydrogen) atoms. The highest BCUT2D eigenvalue weighted by Gasteiger charge is 2.15. The van der Waals surface area contributed by atoms with Crippen molar-refractivity contribution in [2.24, 2.45) is 0 Å². The van der Waals surface area contributed by atoms with Gasteiger partial charge in [-0.2, -0.15) is 0 Å². The van der Waals surface area contributed by atoms with Crippen LogP contribution in [0.3, 0.4) is 0 Å². The molecule has 0 unspecified atom stereocenters. The molecule has 7 nitrogen and oxygen atoms in total. The first-order valence-corrected chi connectivity index (χ1v) is 11.2. The average molecular weight is 473 g/mol. The van der Waals surface area contributed by atoms with Gasteiger partial charge in [0.25, 0.3) is 0 Å². The number of benzene rings is 3. The maximum atomic E-state index is 12.6. The number of pyridine rings is 1. The number of aryl methyl sites for hydroxylation is 4. The number of methoxy groups -OCH3 is 2. The first-order chi connectivity index (χ1) is 16.8. The summed E-state index contributed by atoms with van der Waals surface area (Å²) in [5.74, 6) is 3.05. The number of fused-ring (bicyclic) bond motifs is 1. The van der Waals surface area contributed by atoms with Gasteiger partial charge in [-0.15, -0.1) is 0 Å². The van der Waals surface area contributed by atoms with Gasteiger partial charge in [0.05, 0.1) is 19.7 Å². The van der Waals surface area contributed by atoms with E-state index in [1.165, 1.54) is 0 Å². The van der Waals surface area contributed by atoms with Gasteiger partial charge in [0, 0.05) is 23.3 Å². The number of rotatable bonds is 6. The largest absolute Gasteiger partial charge is 0.493 e. The Labute approximate surface area is 204 Å². The molecule has 0 saturated heterocycles. The molecule has 4 aromatic rings. The van der Waals surface area contributed by atoms with E-state index < -0.39 is 6.09 Å². The maximum Gasteiger partial charge on any atom is 0.417 e.